The molecule has 1 aliphatic rings. The van der Waals surface area contributed by atoms with Gasteiger partial charge in [-0.3, -0.25) is 4.79 Å². The van der Waals surface area contributed by atoms with Gasteiger partial charge in [0, 0.05) is 11.6 Å². The lowest BCUT2D eigenvalue weighted by atomic mass is 10.1. The van der Waals surface area contributed by atoms with Crippen molar-refractivity contribution in [1.29, 1.82) is 0 Å². The summed E-state index contributed by atoms with van der Waals surface area (Å²) in [4.78, 5) is 12.6. The smallest absolute Gasteiger partial charge is 0.261 e. The lowest BCUT2D eigenvalue weighted by Crippen LogP contribution is -2.38. The number of carbonyl (C=O) groups is 1. The average Bonchev–Trinajstić information content (AvgIpc) is 3.09. The van der Waals surface area contributed by atoms with Gasteiger partial charge in [0.05, 0.1) is 5.02 Å². The molecule has 0 bridgehead atoms. The molecule has 138 valence electrons. The molecule has 0 saturated heterocycles. The van der Waals surface area contributed by atoms with Crippen molar-refractivity contribution >= 4 is 29.1 Å². The fraction of sp³-hybridized carbons (Fsp3) is 0.316. The Bertz CT molecular complexity index is 797. The minimum Gasteiger partial charge on any atom is -0.479 e. The van der Waals surface area contributed by atoms with Crippen LogP contribution in [0.15, 0.2) is 36.4 Å². The lowest BCUT2D eigenvalue weighted by Gasteiger charge is -2.19. The molecular formula is C19H19Cl2NO4. The number of halogens is 2. The second-order valence-corrected chi connectivity index (χ2v) is 6.72. The zero-order valence-corrected chi connectivity index (χ0v) is 15.8. The number of hydrogen-bond donors (Lipinski definition) is 1. The summed E-state index contributed by atoms with van der Waals surface area (Å²) in [5, 5.41) is 3.79. The van der Waals surface area contributed by atoms with Crippen molar-refractivity contribution < 1.29 is 19.0 Å². The predicted octanol–water partition coefficient (Wildman–Crippen LogP) is 4.59. The van der Waals surface area contributed by atoms with Crippen LogP contribution in [0.25, 0.3) is 0 Å². The van der Waals surface area contributed by atoms with Crippen LogP contribution < -0.4 is 19.5 Å². The van der Waals surface area contributed by atoms with Gasteiger partial charge in [0.15, 0.2) is 17.6 Å². The third kappa shape index (κ3) is 4.54. The molecule has 26 heavy (non-hydrogen) atoms. The molecule has 0 aliphatic carbocycles. The van der Waals surface area contributed by atoms with Crippen LogP contribution in [0.2, 0.25) is 10.0 Å². The first-order chi connectivity index (χ1) is 12.6. The van der Waals surface area contributed by atoms with E-state index in [1.807, 2.05) is 25.1 Å². The molecule has 1 aliphatic heterocycles. The molecule has 7 heteroatoms. The number of benzene rings is 2. The number of carbonyl (C=O) groups excluding carboxylic acids is 1. The van der Waals surface area contributed by atoms with Crippen LogP contribution in [0.1, 0.15) is 25.3 Å². The van der Waals surface area contributed by atoms with E-state index in [9.17, 15) is 4.79 Å². The maximum atomic E-state index is 12.6. The fourth-order valence-corrected chi connectivity index (χ4v) is 3.04. The molecule has 0 spiro atoms. The summed E-state index contributed by atoms with van der Waals surface area (Å²) in [6.45, 7) is 2.58. The number of hydrogen-bond acceptors (Lipinski definition) is 4. The third-order valence-corrected chi connectivity index (χ3v) is 4.44. The van der Waals surface area contributed by atoms with Crippen molar-refractivity contribution in [2.45, 2.75) is 32.4 Å². The number of nitrogens with one attached hydrogen (secondary N) is 1. The highest BCUT2D eigenvalue weighted by Gasteiger charge is 2.21. The predicted molar refractivity (Wildman–Crippen MR) is 100 cm³/mol. The van der Waals surface area contributed by atoms with Crippen molar-refractivity contribution in [2.24, 2.45) is 0 Å². The van der Waals surface area contributed by atoms with E-state index in [2.05, 4.69) is 5.32 Å². The number of amides is 1. The van der Waals surface area contributed by atoms with E-state index in [0.29, 0.717) is 40.3 Å². The summed E-state index contributed by atoms with van der Waals surface area (Å²) in [5.74, 6) is 1.64. The molecule has 1 N–H and O–H groups in total. The first-order valence-electron chi connectivity index (χ1n) is 8.34. The van der Waals surface area contributed by atoms with Crippen LogP contribution in [-0.2, 0) is 11.3 Å². The van der Waals surface area contributed by atoms with Crippen LogP contribution in [0.4, 0.5) is 0 Å². The van der Waals surface area contributed by atoms with Crippen LogP contribution >= 0.6 is 23.2 Å². The maximum absolute atomic E-state index is 12.6. The van der Waals surface area contributed by atoms with Crippen molar-refractivity contribution in [3.05, 3.63) is 52.0 Å². The minimum absolute atomic E-state index is 0.199. The monoisotopic (exact) mass is 395 g/mol. The summed E-state index contributed by atoms with van der Waals surface area (Å²) in [5.41, 5.74) is 0.919. The van der Waals surface area contributed by atoms with E-state index < -0.39 is 6.10 Å². The van der Waals surface area contributed by atoms with Gasteiger partial charge in [-0.05, 0) is 42.3 Å². The van der Waals surface area contributed by atoms with Gasteiger partial charge in [0.1, 0.15) is 5.75 Å². The largest absolute Gasteiger partial charge is 0.479 e. The first kappa shape index (κ1) is 18.7. The minimum atomic E-state index is -0.632. The van der Waals surface area contributed by atoms with Crippen molar-refractivity contribution in [3.8, 4) is 17.2 Å². The molecule has 2 aromatic rings. The van der Waals surface area contributed by atoms with Gasteiger partial charge in [-0.1, -0.05) is 42.6 Å². The van der Waals surface area contributed by atoms with Gasteiger partial charge in [0.25, 0.3) is 5.91 Å². The fourth-order valence-electron chi connectivity index (χ4n) is 2.58. The zero-order chi connectivity index (χ0) is 18.5. The normalized spacial score (nSPS) is 13.3. The SMILES string of the molecule is CCCC(Oc1ccc(Cl)cc1Cl)C(=O)NCc1ccc2c(c1)OCO2. The molecular weight excluding hydrogens is 377 g/mol. The van der Waals surface area contributed by atoms with E-state index in [0.717, 1.165) is 12.0 Å². The highest BCUT2D eigenvalue weighted by Crippen LogP contribution is 2.32. The van der Waals surface area contributed by atoms with Gasteiger partial charge in [-0.15, -0.1) is 0 Å². The van der Waals surface area contributed by atoms with Crippen LogP contribution in [-0.4, -0.2) is 18.8 Å². The molecule has 1 unspecified atom stereocenters. The topological polar surface area (TPSA) is 56.8 Å². The number of fused-ring (bicyclic) bond motifs is 1. The van der Waals surface area contributed by atoms with Gasteiger partial charge in [-0.2, -0.15) is 0 Å². The molecule has 0 fully saturated rings. The Balaban J connectivity index is 1.63. The van der Waals surface area contributed by atoms with Crippen molar-refractivity contribution in [3.63, 3.8) is 0 Å². The molecule has 3 rings (SSSR count). The Kier molecular flexibility index (Phi) is 6.12. The Labute approximate surface area is 162 Å². The molecule has 1 amide bonds. The van der Waals surface area contributed by atoms with Gasteiger partial charge in [0.2, 0.25) is 6.79 Å². The molecule has 2 aromatic carbocycles. The van der Waals surface area contributed by atoms with Crippen molar-refractivity contribution in [1.82, 2.24) is 5.32 Å². The van der Waals surface area contributed by atoms with E-state index in [1.54, 1.807) is 18.2 Å². The van der Waals surface area contributed by atoms with E-state index >= 15 is 0 Å². The van der Waals surface area contributed by atoms with Gasteiger partial charge in [-0.25, -0.2) is 0 Å². The molecule has 1 atom stereocenters. The second kappa shape index (κ2) is 8.52. The Morgan fingerprint density at radius 1 is 1.19 bits per heavy atom. The second-order valence-electron chi connectivity index (χ2n) is 5.88. The van der Waals surface area contributed by atoms with E-state index in [-0.39, 0.29) is 12.7 Å². The van der Waals surface area contributed by atoms with Crippen LogP contribution in [0.5, 0.6) is 17.2 Å². The summed E-state index contributed by atoms with van der Waals surface area (Å²) in [6.07, 6.45) is 0.742. The maximum Gasteiger partial charge on any atom is 0.261 e. The van der Waals surface area contributed by atoms with Crippen molar-refractivity contribution in [2.75, 3.05) is 6.79 Å². The summed E-state index contributed by atoms with van der Waals surface area (Å²) in [6, 6.07) is 10.5. The average molecular weight is 396 g/mol. The molecule has 0 saturated carbocycles. The molecule has 1 heterocycles. The highest BCUT2D eigenvalue weighted by atomic mass is 35.5. The van der Waals surface area contributed by atoms with Gasteiger partial charge >= 0.3 is 0 Å². The van der Waals surface area contributed by atoms with E-state index in [1.165, 1.54) is 0 Å². The van der Waals surface area contributed by atoms with Crippen LogP contribution in [0, 0.1) is 0 Å². The zero-order valence-electron chi connectivity index (χ0n) is 14.3. The lowest BCUT2D eigenvalue weighted by molar-refractivity contribution is -0.128. The standard InChI is InChI=1S/C19H19Cl2NO4/c1-2-3-17(26-15-7-5-13(20)9-14(15)21)19(23)22-10-12-4-6-16-18(8-12)25-11-24-16/h4-9,17H,2-3,10-11H2,1H3,(H,22,23). The third-order valence-electron chi connectivity index (χ3n) is 3.91. The van der Waals surface area contributed by atoms with Gasteiger partial charge < -0.3 is 19.5 Å². The first-order valence-corrected chi connectivity index (χ1v) is 9.10. The summed E-state index contributed by atoms with van der Waals surface area (Å²) in [7, 11) is 0. The molecule has 0 aromatic heterocycles. The highest BCUT2D eigenvalue weighted by molar-refractivity contribution is 6.35. The molecule has 0 radical (unpaired) electrons. The summed E-state index contributed by atoms with van der Waals surface area (Å²) < 4.78 is 16.4. The quantitative estimate of drug-likeness (QED) is 0.744. The Morgan fingerprint density at radius 3 is 2.77 bits per heavy atom. The number of ether oxygens (including phenoxy) is 3. The Hall–Kier alpha value is -2.11. The van der Waals surface area contributed by atoms with Crippen LogP contribution in [0.3, 0.4) is 0 Å². The Morgan fingerprint density at radius 2 is 2.00 bits per heavy atom. The molecule has 5 nitrogen and oxygen atoms in total. The summed E-state index contributed by atoms with van der Waals surface area (Å²) >= 11 is 12.0. The number of rotatable bonds is 7. The van der Waals surface area contributed by atoms with E-state index in [4.69, 9.17) is 37.4 Å².